The lowest BCUT2D eigenvalue weighted by atomic mass is 9.90. The summed E-state index contributed by atoms with van der Waals surface area (Å²) in [7, 11) is 3.52. The molecule has 0 radical (unpaired) electrons. The molecule has 2 aromatic carbocycles. The first-order chi connectivity index (χ1) is 16.1. The summed E-state index contributed by atoms with van der Waals surface area (Å²) in [6, 6.07) is 13.7. The maximum absolute atomic E-state index is 13.8. The predicted octanol–water partition coefficient (Wildman–Crippen LogP) is 4.26. The van der Waals surface area contributed by atoms with Crippen molar-refractivity contribution in [2.75, 3.05) is 19.1 Å². The Morgan fingerprint density at radius 3 is 2.26 bits per heavy atom. The highest BCUT2D eigenvalue weighted by atomic mass is 35.5. The molecule has 178 valence electrons. The fraction of sp³-hybridized carbons (Fsp3) is 0.375. The lowest BCUT2D eigenvalue weighted by Gasteiger charge is -2.39. The number of likely N-dealkylation sites (N-methyl/N-ethyl adjacent to an activating group) is 1. The minimum Gasteiger partial charge on any atom is -0.497 e. The number of carbonyl (C=O) groups is 2. The molecule has 7 nitrogen and oxygen atoms in total. The minimum atomic E-state index is -0.925. The third-order valence-electron chi connectivity index (χ3n) is 6.87. The van der Waals surface area contributed by atoms with Crippen LogP contribution in [0.2, 0.25) is 5.02 Å². The van der Waals surface area contributed by atoms with E-state index in [4.69, 9.17) is 33.4 Å². The fourth-order valence-corrected chi connectivity index (χ4v) is 6.67. The molecule has 3 heterocycles. The molecular formula is C24H24ClN3O4S2. The molecule has 5 rings (SSSR count). The van der Waals surface area contributed by atoms with Gasteiger partial charge in [-0.25, -0.2) is 4.90 Å². The maximum Gasteiger partial charge on any atom is 0.265 e. The van der Waals surface area contributed by atoms with Gasteiger partial charge in [0, 0.05) is 12.1 Å². The van der Waals surface area contributed by atoms with Crippen LogP contribution in [0.5, 0.6) is 5.75 Å². The normalized spacial score (nSPS) is 28.7. The van der Waals surface area contributed by atoms with Gasteiger partial charge in [-0.15, -0.1) is 0 Å². The van der Waals surface area contributed by atoms with Crippen molar-refractivity contribution in [2.45, 2.75) is 36.9 Å². The summed E-state index contributed by atoms with van der Waals surface area (Å²) < 4.78 is 5.94. The van der Waals surface area contributed by atoms with E-state index in [9.17, 15) is 9.59 Å². The van der Waals surface area contributed by atoms with E-state index < -0.39 is 18.1 Å². The summed E-state index contributed by atoms with van der Waals surface area (Å²) >= 11 is 13.2. The molecule has 0 bridgehead atoms. The summed E-state index contributed by atoms with van der Waals surface area (Å²) in [5.41, 5.74) is 0.963. The smallest absolute Gasteiger partial charge is 0.265 e. The van der Waals surface area contributed by atoms with Crippen LogP contribution in [-0.4, -0.2) is 57.3 Å². The average molecular weight is 518 g/mol. The summed E-state index contributed by atoms with van der Waals surface area (Å²) in [4.78, 5) is 36.8. The summed E-state index contributed by atoms with van der Waals surface area (Å²) in [5.74, 6) is -0.727. The van der Waals surface area contributed by atoms with E-state index in [1.165, 1.54) is 16.7 Å². The van der Waals surface area contributed by atoms with E-state index in [1.54, 1.807) is 48.6 Å². The number of nitrogens with zero attached hydrogens (tertiary/aromatic N) is 3. The van der Waals surface area contributed by atoms with Crippen LogP contribution in [0.4, 0.5) is 5.69 Å². The number of carbonyl (C=O) groups excluding carboxylic acids is 2. The largest absolute Gasteiger partial charge is 0.497 e. The van der Waals surface area contributed by atoms with Gasteiger partial charge >= 0.3 is 0 Å². The molecule has 3 fully saturated rings. The summed E-state index contributed by atoms with van der Waals surface area (Å²) in [6.45, 7) is 4.15. The molecule has 0 saturated carbocycles. The van der Waals surface area contributed by atoms with Crippen LogP contribution in [0.3, 0.4) is 0 Å². The van der Waals surface area contributed by atoms with Gasteiger partial charge in [0.1, 0.15) is 15.4 Å². The van der Waals surface area contributed by atoms with Crippen molar-refractivity contribution in [2.24, 2.45) is 5.92 Å². The first-order valence-corrected chi connectivity index (χ1v) is 12.5. The van der Waals surface area contributed by atoms with Gasteiger partial charge < -0.3 is 9.64 Å². The topological polar surface area (TPSA) is 62.3 Å². The predicted molar refractivity (Wildman–Crippen MR) is 136 cm³/mol. The molecular weight excluding hydrogens is 494 g/mol. The van der Waals surface area contributed by atoms with Gasteiger partial charge in [-0.05, 0) is 55.8 Å². The molecule has 10 heteroatoms. The van der Waals surface area contributed by atoms with Gasteiger partial charge in [0.15, 0.2) is 6.10 Å². The number of halogens is 1. The van der Waals surface area contributed by atoms with E-state index in [0.29, 0.717) is 16.5 Å². The summed E-state index contributed by atoms with van der Waals surface area (Å²) in [6.07, 6.45) is -0.925. The second kappa shape index (κ2) is 8.49. The Bertz CT molecular complexity index is 1160. The number of methoxy groups -OCH3 is 1. The summed E-state index contributed by atoms with van der Waals surface area (Å²) in [5, 5.41) is 2.18. The number of anilines is 1. The highest BCUT2D eigenvalue weighted by molar-refractivity contribution is 8.23. The average Bonchev–Trinajstić information content (AvgIpc) is 3.39. The van der Waals surface area contributed by atoms with Crippen LogP contribution in [0.15, 0.2) is 48.5 Å². The number of hydroxylamine groups is 2. The van der Waals surface area contributed by atoms with Crippen molar-refractivity contribution in [3.63, 3.8) is 0 Å². The monoisotopic (exact) mass is 517 g/mol. The Kier molecular flexibility index (Phi) is 5.89. The quantitative estimate of drug-likeness (QED) is 0.440. The standard InChI is InChI=1S/C24H24ClN3O4S2/c1-24(2)22(34-23(33)26(24)3)28-18(13-5-7-14(25)8-6-13)17-19(32-28)21(30)27(20(17)29)15-9-11-16(31-4)12-10-15/h5-12,17-19,22H,1-4H3/t17-,18+,19+,22-/m1/s1. The van der Waals surface area contributed by atoms with Gasteiger partial charge in [0.2, 0.25) is 5.91 Å². The van der Waals surface area contributed by atoms with Gasteiger partial charge in [0.05, 0.1) is 30.3 Å². The molecule has 3 aliphatic rings. The van der Waals surface area contributed by atoms with Crippen molar-refractivity contribution in [1.82, 2.24) is 9.96 Å². The molecule has 2 amide bonds. The number of fused-ring (bicyclic) bond motifs is 1. The number of rotatable bonds is 4. The highest BCUT2D eigenvalue weighted by Crippen LogP contribution is 2.52. The Morgan fingerprint density at radius 2 is 1.71 bits per heavy atom. The third-order valence-corrected chi connectivity index (χ3v) is 9.17. The van der Waals surface area contributed by atoms with Crippen LogP contribution in [0.1, 0.15) is 25.5 Å². The van der Waals surface area contributed by atoms with Crippen LogP contribution < -0.4 is 9.64 Å². The van der Waals surface area contributed by atoms with Crippen LogP contribution in [-0.2, 0) is 14.4 Å². The zero-order valence-electron chi connectivity index (χ0n) is 19.1. The number of thioether (sulfide) groups is 1. The Labute approximate surface area is 212 Å². The lowest BCUT2D eigenvalue weighted by molar-refractivity contribution is -0.188. The SMILES string of the molecule is COc1ccc(N2C(=O)[C@H]3[C@H](ON([C@@H]4SC(=S)N(C)C4(C)C)[C@H]3c3ccc(Cl)cc3)C2=O)cc1. The van der Waals surface area contributed by atoms with Crippen molar-refractivity contribution in [3.05, 3.63) is 59.1 Å². The molecule has 2 aromatic rings. The number of imide groups is 1. The maximum atomic E-state index is 13.8. The first kappa shape index (κ1) is 23.6. The highest BCUT2D eigenvalue weighted by Gasteiger charge is 2.63. The molecule has 3 aliphatic heterocycles. The fourth-order valence-electron chi connectivity index (χ4n) is 4.72. The van der Waals surface area contributed by atoms with Crippen molar-refractivity contribution >= 4 is 57.4 Å². The Hall–Kier alpha value is -2.17. The third kappa shape index (κ3) is 3.53. The molecule has 0 N–H and O–H groups in total. The van der Waals surface area contributed by atoms with Gasteiger partial charge in [0.25, 0.3) is 5.91 Å². The van der Waals surface area contributed by atoms with Gasteiger partial charge in [-0.2, -0.15) is 5.06 Å². The minimum absolute atomic E-state index is 0.216. The zero-order valence-corrected chi connectivity index (χ0v) is 21.5. The first-order valence-electron chi connectivity index (χ1n) is 10.8. The number of ether oxygens (including phenoxy) is 1. The van der Waals surface area contributed by atoms with Gasteiger partial charge in [-0.1, -0.05) is 47.7 Å². The number of benzene rings is 2. The van der Waals surface area contributed by atoms with E-state index in [-0.39, 0.29) is 22.7 Å². The molecule has 0 aliphatic carbocycles. The van der Waals surface area contributed by atoms with E-state index >= 15 is 0 Å². The van der Waals surface area contributed by atoms with E-state index in [1.807, 2.05) is 24.1 Å². The van der Waals surface area contributed by atoms with Crippen LogP contribution in [0, 0.1) is 5.92 Å². The van der Waals surface area contributed by atoms with E-state index in [0.717, 1.165) is 9.88 Å². The van der Waals surface area contributed by atoms with Crippen molar-refractivity contribution in [3.8, 4) is 5.75 Å². The van der Waals surface area contributed by atoms with E-state index in [2.05, 4.69) is 13.8 Å². The van der Waals surface area contributed by atoms with Crippen molar-refractivity contribution in [1.29, 1.82) is 0 Å². The second-order valence-electron chi connectivity index (χ2n) is 9.07. The van der Waals surface area contributed by atoms with Crippen molar-refractivity contribution < 1.29 is 19.2 Å². The number of amides is 2. The molecule has 3 saturated heterocycles. The zero-order chi connectivity index (χ0) is 24.4. The number of hydrogen-bond donors (Lipinski definition) is 0. The van der Waals surface area contributed by atoms with Crippen LogP contribution in [0.25, 0.3) is 0 Å². The molecule has 0 unspecified atom stereocenters. The Balaban J connectivity index is 1.55. The Morgan fingerprint density at radius 1 is 1.06 bits per heavy atom. The number of thiocarbonyl (C=S) groups is 1. The van der Waals surface area contributed by atoms with Gasteiger partial charge in [-0.3, -0.25) is 14.4 Å². The number of hydrogen-bond acceptors (Lipinski definition) is 7. The molecule has 0 aromatic heterocycles. The second-order valence-corrected chi connectivity index (χ2v) is 11.2. The lowest BCUT2D eigenvalue weighted by Crippen LogP contribution is -2.51. The van der Waals surface area contributed by atoms with Crippen LogP contribution >= 0.6 is 35.6 Å². The molecule has 4 atom stereocenters. The molecule has 0 spiro atoms. The molecule has 34 heavy (non-hydrogen) atoms.